The summed E-state index contributed by atoms with van der Waals surface area (Å²) >= 11 is 0. The van der Waals surface area contributed by atoms with Crippen LogP contribution in [0.3, 0.4) is 0 Å². The topological polar surface area (TPSA) is 102 Å². The van der Waals surface area contributed by atoms with Gasteiger partial charge in [-0.3, -0.25) is 19.3 Å². The van der Waals surface area contributed by atoms with Crippen molar-refractivity contribution in [3.8, 4) is 0 Å². The third-order valence-corrected chi connectivity index (χ3v) is 3.70. The van der Waals surface area contributed by atoms with Gasteiger partial charge in [0.2, 0.25) is 17.7 Å². The van der Waals surface area contributed by atoms with Crippen LogP contribution in [0.1, 0.15) is 27.7 Å². The van der Waals surface area contributed by atoms with Crippen molar-refractivity contribution in [3.63, 3.8) is 0 Å². The first-order chi connectivity index (χ1) is 12.2. The molecule has 1 heterocycles. The Balaban J connectivity index is 2.30. The second-order valence-corrected chi connectivity index (χ2v) is 6.71. The Morgan fingerprint density at radius 2 is 1.81 bits per heavy atom. The van der Waals surface area contributed by atoms with Crippen LogP contribution in [0.25, 0.3) is 0 Å². The van der Waals surface area contributed by atoms with Gasteiger partial charge in [-0.2, -0.15) is 0 Å². The highest BCUT2D eigenvalue weighted by Gasteiger charge is 2.53. The van der Waals surface area contributed by atoms with Gasteiger partial charge in [-0.15, -0.1) is 0 Å². The zero-order valence-electron chi connectivity index (χ0n) is 15.1. The minimum Gasteiger partial charge on any atom is -0.462 e. The standard InChI is InChI=1S/C18H22N2O6/c1-5-25-17(24)15-20(18(2,3)4)14(22)12(16(23)26-15)13(21)19-11-9-7-6-8-10-11/h6-10,12,15H,5H2,1-4H3,(H,19,21). The number of rotatable bonds is 4. The molecule has 0 bridgehead atoms. The molecule has 1 aromatic rings. The molecular weight excluding hydrogens is 340 g/mol. The first-order valence-electron chi connectivity index (χ1n) is 8.23. The van der Waals surface area contributed by atoms with E-state index in [0.717, 1.165) is 4.90 Å². The fourth-order valence-electron chi connectivity index (χ4n) is 2.59. The van der Waals surface area contributed by atoms with Gasteiger partial charge in [0.1, 0.15) is 0 Å². The van der Waals surface area contributed by atoms with Crippen LogP contribution in [0.15, 0.2) is 30.3 Å². The molecule has 2 rings (SSSR count). The van der Waals surface area contributed by atoms with Gasteiger partial charge in [0.25, 0.3) is 6.23 Å². The minimum absolute atomic E-state index is 0.0664. The predicted molar refractivity (Wildman–Crippen MR) is 91.7 cm³/mol. The average Bonchev–Trinajstić information content (AvgIpc) is 2.54. The molecule has 1 fully saturated rings. The van der Waals surface area contributed by atoms with E-state index in [-0.39, 0.29) is 6.61 Å². The lowest BCUT2D eigenvalue weighted by Crippen LogP contribution is -2.64. The summed E-state index contributed by atoms with van der Waals surface area (Å²) < 4.78 is 10.00. The van der Waals surface area contributed by atoms with Crippen LogP contribution in [0.4, 0.5) is 5.69 Å². The second kappa shape index (κ2) is 7.55. The maximum absolute atomic E-state index is 12.9. The molecule has 2 unspecified atom stereocenters. The highest BCUT2D eigenvalue weighted by molar-refractivity contribution is 6.21. The summed E-state index contributed by atoms with van der Waals surface area (Å²) in [6, 6.07) is 8.42. The molecule has 1 saturated heterocycles. The van der Waals surface area contributed by atoms with Crippen molar-refractivity contribution in [3.05, 3.63) is 30.3 Å². The van der Waals surface area contributed by atoms with Gasteiger partial charge in [-0.25, -0.2) is 4.79 Å². The molecule has 0 spiro atoms. The van der Waals surface area contributed by atoms with E-state index in [0.29, 0.717) is 5.69 Å². The smallest absolute Gasteiger partial charge is 0.369 e. The van der Waals surface area contributed by atoms with Gasteiger partial charge in [0.05, 0.1) is 6.61 Å². The van der Waals surface area contributed by atoms with Gasteiger partial charge in [0, 0.05) is 11.2 Å². The number of amides is 2. The fourth-order valence-corrected chi connectivity index (χ4v) is 2.59. The summed E-state index contributed by atoms with van der Waals surface area (Å²) in [5, 5.41) is 2.51. The van der Waals surface area contributed by atoms with Gasteiger partial charge in [-0.05, 0) is 39.8 Å². The molecule has 26 heavy (non-hydrogen) atoms. The van der Waals surface area contributed by atoms with Crippen LogP contribution in [-0.2, 0) is 28.7 Å². The monoisotopic (exact) mass is 362 g/mol. The van der Waals surface area contributed by atoms with Crippen molar-refractivity contribution in [2.24, 2.45) is 5.92 Å². The number of para-hydroxylation sites is 1. The van der Waals surface area contributed by atoms with E-state index >= 15 is 0 Å². The number of nitrogens with one attached hydrogen (secondary N) is 1. The summed E-state index contributed by atoms with van der Waals surface area (Å²) in [7, 11) is 0. The lowest BCUT2D eigenvalue weighted by Gasteiger charge is -2.43. The molecule has 0 radical (unpaired) electrons. The number of hydrogen-bond donors (Lipinski definition) is 1. The number of carbonyl (C=O) groups excluding carboxylic acids is 4. The molecule has 1 aliphatic heterocycles. The van der Waals surface area contributed by atoms with Crippen molar-refractivity contribution in [1.82, 2.24) is 4.90 Å². The molecule has 1 aromatic carbocycles. The van der Waals surface area contributed by atoms with E-state index in [1.165, 1.54) is 0 Å². The van der Waals surface area contributed by atoms with Gasteiger partial charge >= 0.3 is 11.9 Å². The largest absolute Gasteiger partial charge is 0.462 e. The average molecular weight is 362 g/mol. The number of ether oxygens (including phenoxy) is 2. The SMILES string of the molecule is CCOC(=O)C1OC(=O)C(C(=O)Nc2ccccc2)C(=O)N1C(C)(C)C. The first kappa shape index (κ1) is 19.4. The third-order valence-electron chi connectivity index (χ3n) is 3.70. The Morgan fingerprint density at radius 3 is 2.35 bits per heavy atom. The maximum atomic E-state index is 12.9. The molecule has 0 aliphatic carbocycles. The number of carbonyl (C=O) groups is 4. The quantitative estimate of drug-likeness (QED) is 0.640. The molecule has 2 atom stereocenters. The Bertz CT molecular complexity index is 710. The molecule has 8 nitrogen and oxygen atoms in total. The van der Waals surface area contributed by atoms with Crippen LogP contribution < -0.4 is 5.32 Å². The Morgan fingerprint density at radius 1 is 1.19 bits per heavy atom. The first-order valence-corrected chi connectivity index (χ1v) is 8.23. The van der Waals surface area contributed by atoms with Gasteiger partial charge < -0.3 is 14.8 Å². The van der Waals surface area contributed by atoms with Crippen LogP contribution >= 0.6 is 0 Å². The lowest BCUT2D eigenvalue weighted by molar-refractivity contribution is -0.205. The molecular formula is C18H22N2O6. The molecule has 1 N–H and O–H groups in total. The summed E-state index contributed by atoms with van der Waals surface area (Å²) in [6.07, 6.45) is -1.52. The number of benzene rings is 1. The maximum Gasteiger partial charge on any atom is 0.369 e. The predicted octanol–water partition coefficient (Wildman–Crippen LogP) is 1.31. The lowest BCUT2D eigenvalue weighted by atomic mass is 9.98. The van der Waals surface area contributed by atoms with E-state index in [1.54, 1.807) is 58.0 Å². The Kier molecular flexibility index (Phi) is 5.64. The minimum atomic E-state index is -1.69. The van der Waals surface area contributed by atoms with Crippen molar-refractivity contribution < 1.29 is 28.7 Å². The van der Waals surface area contributed by atoms with Crippen molar-refractivity contribution >= 4 is 29.4 Å². The zero-order valence-corrected chi connectivity index (χ0v) is 15.1. The highest BCUT2D eigenvalue weighted by Crippen LogP contribution is 2.28. The molecule has 0 aromatic heterocycles. The van der Waals surface area contributed by atoms with Crippen LogP contribution in [-0.4, -0.2) is 47.0 Å². The van der Waals surface area contributed by atoms with Crippen molar-refractivity contribution in [1.29, 1.82) is 0 Å². The van der Waals surface area contributed by atoms with Gasteiger partial charge in [0.15, 0.2) is 0 Å². The van der Waals surface area contributed by atoms with E-state index < -0.39 is 41.4 Å². The van der Waals surface area contributed by atoms with E-state index in [4.69, 9.17) is 9.47 Å². The van der Waals surface area contributed by atoms with Gasteiger partial charge in [-0.1, -0.05) is 18.2 Å². The van der Waals surface area contributed by atoms with Crippen LogP contribution in [0.2, 0.25) is 0 Å². The van der Waals surface area contributed by atoms with E-state index in [9.17, 15) is 19.2 Å². The van der Waals surface area contributed by atoms with E-state index in [2.05, 4.69) is 5.32 Å². The molecule has 0 saturated carbocycles. The number of nitrogens with zero attached hydrogens (tertiary/aromatic N) is 1. The number of hydrogen-bond acceptors (Lipinski definition) is 6. The highest BCUT2D eigenvalue weighted by atomic mass is 16.6. The number of cyclic esters (lactones) is 1. The summed E-state index contributed by atoms with van der Waals surface area (Å²) in [5.41, 5.74) is -0.437. The van der Waals surface area contributed by atoms with Crippen molar-refractivity contribution in [2.75, 3.05) is 11.9 Å². The summed E-state index contributed by atoms with van der Waals surface area (Å²) in [6.45, 7) is 6.67. The molecule has 8 heteroatoms. The third kappa shape index (κ3) is 4.01. The fraction of sp³-hybridized carbons (Fsp3) is 0.444. The van der Waals surface area contributed by atoms with Crippen LogP contribution in [0.5, 0.6) is 0 Å². The van der Waals surface area contributed by atoms with Crippen LogP contribution in [0, 0.1) is 5.92 Å². The Hall–Kier alpha value is -2.90. The molecule has 2 amide bonds. The number of anilines is 1. The zero-order chi connectivity index (χ0) is 19.5. The summed E-state index contributed by atoms with van der Waals surface area (Å²) in [5.74, 6) is -5.25. The number of esters is 2. The van der Waals surface area contributed by atoms with E-state index in [1.807, 2.05) is 0 Å². The normalized spacial score (nSPS) is 20.4. The van der Waals surface area contributed by atoms with Crippen molar-refractivity contribution in [2.45, 2.75) is 39.5 Å². The summed E-state index contributed by atoms with van der Waals surface area (Å²) in [4.78, 5) is 50.9. The molecule has 140 valence electrons. The second-order valence-electron chi connectivity index (χ2n) is 6.71. The Labute approximate surface area is 151 Å². The molecule has 1 aliphatic rings.